The lowest BCUT2D eigenvalue weighted by Crippen LogP contribution is -2.06. The van der Waals surface area contributed by atoms with Crippen LogP contribution in [0.1, 0.15) is 44.6 Å². The van der Waals surface area contributed by atoms with Crippen molar-refractivity contribution < 1.29 is 24.2 Å². The Hall–Kier alpha value is -2.56. The number of hydrogen-bond acceptors (Lipinski definition) is 4. The highest BCUT2D eigenvalue weighted by Gasteiger charge is 2.01. The fraction of sp³-hybridized carbons (Fsp3) is 0.400. The summed E-state index contributed by atoms with van der Waals surface area (Å²) in [5.74, 6) is -0.508. The fourth-order valence-electron chi connectivity index (χ4n) is 2.06. The molecule has 136 valence electrons. The Kier molecular flexibility index (Phi) is 9.75. The Morgan fingerprint density at radius 3 is 2.24 bits per heavy atom. The fourth-order valence-corrected chi connectivity index (χ4v) is 2.06. The molecule has 0 radical (unpaired) electrons. The van der Waals surface area contributed by atoms with Crippen molar-refractivity contribution in [3.05, 3.63) is 48.1 Å². The molecule has 1 aromatic carbocycles. The first-order valence-corrected chi connectivity index (χ1v) is 8.45. The van der Waals surface area contributed by atoms with Gasteiger partial charge < -0.3 is 14.6 Å². The number of carbonyl (C=O) groups is 2. The predicted molar refractivity (Wildman–Crippen MR) is 97.5 cm³/mol. The predicted octanol–water partition coefficient (Wildman–Crippen LogP) is 4.23. The highest BCUT2D eigenvalue weighted by molar-refractivity contribution is 5.86. The van der Waals surface area contributed by atoms with Crippen LogP contribution in [0.4, 0.5) is 0 Å². The summed E-state index contributed by atoms with van der Waals surface area (Å²) in [4.78, 5) is 21.6. The van der Waals surface area contributed by atoms with Gasteiger partial charge in [0.1, 0.15) is 5.75 Å². The highest BCUT2D eigenvalue weighted by Crippen LogP contribution is 2.14. The van der Waals surface area contributed by atoms with E-state index >= 15 is 0 Å². The lowest BCUT2D eigenvalue weighted by Gasteiger charge is -2.07. The van der Waals surface area contributed by atoms with Gasteiger partial charge in [-0.2, -0.15) is 0 Å². The SMILES string of the molecule is C=C(C)C(=O)OCCCCCCCOc1ccc(/C=C/C(=O)O)cc1. The summed E-state index contributed by atoms with van der Waals surface area (Å²) >= 11 is 0. The third-order valence-corrected chi connectivity index (χ3v) is 3.44. The minimum absolute atomic E-state index is 0.321. The largest absolute Gasteiger partial charge is 0.494 e. The Bertz CT molecular complexity index is 587. The molecule has 0 heterocycles. The van der Waals surface area contributed by atoms with Crippen LogP contribution in [0, 0.1) is 0 Å². The normalized spacial score (nSPS) is 10.6. The molecule has 0 aliphatic heterocycles. The number of carbonyl (C=O) groups excluding carboxylic acids is 1. The first-order valence-electron chi connectivity index (χ1n) is 8.45. The molecule has 1 rings (SSSR count). The topological polar surface area (TPSA) is 72.8 Å². The van der Waals surface area contributed by atoms with Gasteiger partial charge in [0.2, 0.25) is 0 Å². The van der Waals surface area contributed by atoms with Crippen LogP contribution < -0.4 is 4.74 Å². The second-order valence-electron chi connectivity index (χ2n) is 5.77. The van der Waals surface area contributed by atoms with Crippen LogP contribution in [0.15, 0.2) is 42.5 Å². The molecule has 0 fully saturated rings. The van der Waals surface area contributed by atoms with Crippen LogP contribution in [0.25, 0.3) is 6.08 Å². The van der Waals surface area contributed by atoms with Gasteiger partial charge in [-0.15, -0.1) is 0 Å². The smallest absolute Gasteiger partial charge is 0.333 e. The Labute approximate surface area is 149 Å². The zero-order chi connectivity index (χ0) is 18.5. The van der Waals surface area contributed by atoms with Gasteiger partial charge in [0.05, 0.1) is 13.2 Å². The molecule has 0 unspecified atom stereocenters. The van der Waals surface area contributed by atoms with E-state index in [9.17, 15) is 9.59 Å². The van der Waals surface area contributed by atoms with E-state index in [1.54, 1.807) is 13.0 Å². The van der Waals surface area contributed by atoms with Crippen LogP contribution in [-0.2, 0) is 14.3 Å². The van der Waals surface area contributed by atoms with Crippen LogP contribution >= 0.6 is 0 Å². The van der Waals surface area contributed by atoms with Crippen LogP contribution in [0.2, 0.25) is 0 Å². The number of benzene rings is 1. The van der Waals surface area contributed by atoms with Crippen molar-refractivity contribution in [3.63, 3.8) is 0 Å². The number of hydrogen-bond donors (Lipinski definition) is 1. The minimum Gasteiger partial charge on any atom is -0.494 e. The number of ether oxygens (including phenoxy) is 2. The number of rotatable bonds is 12. The summed E-state index contributed by atoms with van der Waals surface area (Å²) in [6.07, 6.45) is 7.64. The number of esters is 1. The second-order valence-corrected chi connectivity index (χ2v) is 5.77. The van der Waals surface area contributed by atoms with Gasteiger partial charge >= 0.3 is 11.9 Å². The summed E-state index contributed by atoms with van der Waals surface area (Å²) in [6.45, 7) is 6.27. The van der Waals surface area contributed by atoms with E-state index < -0.39 is 5.97 Å². The van der Waals surface area contributed by atoms with Crippen LogP contribution in [0.3, 0.4) is 0 Å². The van der Waals surface area contributed by atoms with Crippen molar-refractivity contribution >= 4 is 18.0 Å². The highest BCUT2D eigenvalue weighted by atomic mass is 16.5. The molecular weight excluding hydrogens is 320 g/mol. The minimum atomic E-state index is -0.964. The van der Waals surface area contributed by atoms with Crippen molar-refractivity contribution in [2.75, 3.05) is 13.2 Å². The molecular formula is C20H26O5. The first-order chi connectivity index (χ1) is 12.0. The van der Waals surface area contributed by atoms with E-state index in [-0.39, 0.29) is 5.97 Å². The maximum absolute atomic E-state index is 11.2. The van der Waals surface area contributed by atoms with Crippen molar-refractivity contribution in [1.82, 2.24) is 0 Å². The third-order valence-electron chi connectivity index (χ3n) is 3.44. The number of carboxylic acids is 1. The quantitative estimate of drug-likeness (QED) is 0.348. The van der Waals surface area contributed by atoms with Crippen LogP contribution in [-0.4, -0.2) is 30.3 Å². The summed E-state index contributed by atoms with van der Waals surface area (Å²) in [5.41, 5.74) is 1.25. The molecule has 0 saturated carbocycles. The molecule has 0 bridgehead atoms. The number of unbranched alkanes of at least 4 members (excludes halogenated alkanes) is 4. The zero-order valence-electron chi connectivity index (χ0n) is 14.7. The van der Waals surface area contributed by atoms with Gasteiger partial charge in [-0.1, -0.05) is 38.0 Å². The molecule has 0 amide bonds. The molecule has 5 heteroatoms. The maximum Gasteiger partial charge on any atom is 0.333 e. The van der Waals surface area contributed by atoms with Gasteiger partial charge in [-0.05, 0) is 43.5 Å². The first kappa shape index (κ1) is 20.5. The van der Waals surface area contributed by atoms with Gasteiger partial charge in [-0.25, -0.2) is 9.59 Å². The average Bonchev–Trinajstić information content (AvgIpc) is 2.59. The Morgan fingerprint density at radius 2 is 1.64 bits per heavy atom. The summed E-state index contributed by atoms with van der Waals surface area (Å²) in [5, 5.41) is 8.57. The van der Waals surface area contributed by atoms with E-state index in [0.717, 1.165) is 49.5 Å². The van der Waals surface area contributed by atoms with Crippen LogP contribution in [0.5, 0.6) is 5.75 Å². The van der Waals surface area contributed by atoms with Gasteiger partial charge in [0, 0.05) is 11.6 Å². The second kappa shape index (κ2) is 11.9. The number of carboxylic acid groups (broad SMARTS) is 1. The molecule has 0 aliphatic carbocycles. The zero-order valence-corrected chi connectivity index (χ0v) is 14.7. The molecule has 0 aliphatic rings. The average molecular weight is 346 g/mol. The Morgan fingerprint density at radius 1 is 1.04 bits per heavy atom. The lowest BCUT2D eigenvalue weighted by atomic mass is 10.1. The summed E-state index contributed by atoms with van der Waals surface area (Å²) in [7, 11) is 0. The molecule has 1 N–H and O–H groups in total. The van der Waals surface area contributed by atoms with E-state index in [0.29, 0.717) is 18.8 Å². The van der Waals surface area contributed by atoms with E-state index in [2.05, 4.69) is 6.58 Å². The number of aliphatic carboxylic acids is 1. The molecule has 0 atom stereocenters. The van der Waals surface area contributed by atoms with Gasteiger partial charge in [-0.3, -0.25) is 0 Å². The van der Waals surface area contributed by atoms with E-state index in [1.807, 2.05) is 24.3 Å². The van der Waals surface area contributed by atoms with Gasteiger partial charge in [0.15, 0.2) is 0 Å². The van der Waals surface area contributed by atoms with Crippen molar-refractivity contribution in [2.24, 2.45) is 0 Å². The molecule has 0 aromatic heterocycles. The van der Waals surface area contributed by atoms with Crippen molar-refractivity contribution in [1.29, 1.82) is 0 Å². The molecule has 0 saturated heterocycles. The van der Waals surface area contributed by atoms with E-state index in [1.165, 1.54) is 0 Å². The molecule has 25 heavy (non-hydrogen) atoms. The summed E-state index contributed by atoms with van der Waals surface area (Å²) in [6, 6.07) is 7.30. The molecule has 5 nitrogen and oxygen atoms in total. The van der Waals surface area contributed by atoms with Crippen molar-refractivity contribution in [3.8, 4) is 5.75 Å². The standard InChI is InChI=1S/C20H26O5/c1-16(2)20(23)25-15-7-5-3-4-6-14-24-18-11-8-17(9-12-18)10-13-19(21)22/h8-13H,1,3-7,14-15H2,2H3,(H,21,22)/b13-10+. The van der Waals surface area contributed by atoms with Gasteiger partial charge in [0.25, 0.3) is 0 Å². The molecule has 1 aromatic rings. The Balaban J connectivity index is 2.05. The molecule has 0 spiro atoms. The third kappa shape index (κ3) is 10.0. The van der Waals surface area contributed by atoms with Crippen molar-refractivity contribution in [2.45, 2.75) is 39.0 Å². The summed E-state index contributed by atoms with van der Waals surface area (Å²) < 4.78 is 10.7. The lowest BCUT2D eigenvalue weighted by molar-refractivity contribution is -0.139. The van der Waals surface area contributed by atoms with E-state index in [4.69, 9.17) is 14.6 Å². The monoisotopic (exact) mass is 346 g/mol. The maximum atomic E-state index is 11.2.